The number of nitrogens with one attached hydrogen (secondary N) is 1. The van der Waals surface area contributed by atoms with Crippen LogP contribution in [0.25, 0.3) is 0 Å². The fraction of sp³-hybridized carbons (Fsp3) is 0.600. The van der Waals surface area contributed by atoms with Crippen molar-refractivity contribution in [3.63, 3.8) is 0 Å². The van der Waals surface area contributed by atoms with Gasteiger partial charge in [0.05, 0.1) is 0 Å². The normalized spacial score (nSPS) is 19.0. The van der Waals surface area contributed by atoms with Crippen molar-refractivity contribution in [2.24, 2.45) is 0 Å². The predicted octanol–water partition coefficient (Wildman–Crippen LogP) is 2.73. The molecule has 2 nitrogen and oxygen atoms in total. The van der Waals surface area contributed by atoms with E-state index in [0.29, 0.717) is 5.92 Å². The van der Waals surface area contributed by atoms with Crippen LogP contribution < -0.4 is 5.32 Å². The third-order valence-electron chi connectivity index (χ3n) is 3.59. The molecule has 0 radical (unpaired) electrons. The van der Waals surface area contributed by atoms with Crippen LogP contribution in [0.2, 0.25) is 0 Å². The SMILES string of the molecule is COCCCNCC1CCCc2ccccc21. The van der Waals surface area contributed by atoms with E-state index in [9.17, 15) is 0 Å². The van der Waals surface area contributed by atoms with Gasteiger partial charge in [-0.1, -0.05) is 24.3 Å². The van der Waals surface area contributed by atoms with Gasteiger partial charge in [0.25, 0.3) is 0 Å². The minimum atomic E-state index is 0.711. The van der Waals surface area contributed by atoms with Gasteiger partial charge in [-0.25, -0.2) is 0 Å². The van der Waals surface area contributed by atoms with E-state index in [2.05, 4.69) is 29.6 Å². The molecular formula is C15H23NO. The molecule has 0 saturated heterocycles. The van der Waals surface area contributed by atoms with Crippen molar-refractivity contribution in [3.05, 3.63) is 35.4 Å². The molecule has 1 unspecified atom stereocenters. The lowest BCUT2D eigenvalue weighted by Crippen LogP contribution is -2.25. The van der Waals surface area contributed by atoms with Crippen LogP contribution in [0.5, 0.6) is 0 Å². The standard InChI is InChI=1S/C15H23NO/c1-17-11-5-10-16-12-14-8-4-7-13-6-2-3-9-15(13)14/h2-3,6,9,14,16H,4-5,7-8,10-12H2,1H3. The molecule has 0 amide bonds. The van der Waals surface area contributed by atoms with Gasteiger partial charge in [0.2, 0.25) is 0 Å². The first-order valence-electron chi connectivity index (χ1n) is 6.69. The van der Waals surface area contributed by atoms with Crippen LogP contribution in [-0.2, 0) is 11.2 Å². The summed E-state index contributed by atoms with van der Waals surface area (Å²) >= 11 is 0. The van der Waals surface area contributed by atoms with Crippen LogP contribution in [0.15, 0.2) is 24.3 Å². The molecule has 0 bridgehead atoms. The minimum absolute atomic E-state index is 0.711. The molecule has 2 heteroatoms. The van der Waals surface area contributed by atoms with Gasteiger partial charge in [-0.05, 0) is 49.3 Å². The number of aryl methyl sites for hydroxylation is 1. The average molecular weight is 233 g/mol. The van der Waals surface area contributed by atoms with Crippen LogP contribution in [0.1, 0.15) is 36.3 Å². The Morgan fingerprint density at radius 3 is 3.12 bits per heavy atom. The van der Waals surface area contributed by atoms with E-state index in [1.165, 1.54) is 19.3 Å². The molecule has 2 rings (SSSR count). The van der Waals surface area contributed by atoms with E-state index in [-0.39, 0.29) is 0 Å². The molecule has 0 spiro atoms. The number of ether oxygens (including phenoxy) is 1. The summed E-state index contributed by atoms with van der Waals surface area (Å²) in [5.74, 6) is 0.711. The lowest BCUT2D eigenvalue weighted by molar-refractivity contribution is 0.194. The van der Waals surface area contributed by atoms with Gasteiger partial charge in [-0.15, -0.1) is 0 Å². The maximum atomic E-state index is 5.05. The molecule has 1 aromatic rings. The third kappa shape index (κ3) is 3.55. The van der Waals surface area contributed by atoms with E-state index in [1.807, 2.05) is 0 Å². The van der Waals surface area contributed by atoms with Gasteiger partial charge < -0.3 is 10.1 Å². The first kappa shape index (κ1) is 12.6. The summed E-state index contributed by atoms with van der Waals surface area (Å²) in [4.78, 5) is 0. The molecule has 0 heterocycles. The summed E-state index contributed by atoms with van der Waals surface area (Å²) < 4.78 is 5.05. The highest BCUT2D eigenvalue weighted by molar-refractivity contribution is 5.32. The Labute approximate surface area is 104 Å². The molecule has 1 aromatic carbocycles. The van der Waals surface area contributed by atoms with Crippen molar-refractivity contribution >= 4 is 0 Å². The van der Waals surface area contributed by atoms with Crippen LogP contribution in [0.3, 0.4) is 0 Å². The Morgan fingerprint density at radius 1 is 1.35 bits per heavy atom. The number of methoxy groups -OCH3 is 1. The number of hydrogen-bond acceptors (Lipinski definition) is 2. The Balaban J connectivity index is 1.82. The molecule has 0 aliphatic heterocycles. The molecule has 1 N–H and O–H groups in total. The van der Waals surface area contributed by atoms with Crippen molar-refractivity contribution in [2.75, 3.05) is 26.8 Å². The second-order valence-corrected chi connectivity index (χ2v) is 4.84. The first-order valence-corrected chi connectivity index (χ1v) is 6.69. The average Bonchev–Trinajstić information content (AvgIpc) is 2.39. The van der Waals surface area contributed by atoms with Crippen molar-refractivity contribution in [1.29, 1.82) is 0 Å². The summed E-state index contributed by atoms with van der Waals surface area (Å²) in [5.41, 5.74) is 3.13. The Kier molecular flexibility index (Phi) is 5.02. The summed E-state index contributed by atoms with van der Waals surface area (Å²) in [7, 11) is 1.76. The van der Waals surface area contributed by atoms with Gasteiger partial charge >= 0.3 is 0 Å². The highest BCUT2D eigenvalue weighted by Gasteiger charge is 2.18. The van der Waals surface area contributed by atoms with E-state index in [1.54, 1.807) is 18.2 Å². The monoisotopic (exact) mass is 233 g/mol. The lowest BCUT2D eigenvalue weighted by Gasteiger charge is -2.25. The molecule has 1 atom stereocenters. The van der Waals surface area contributed by atoms with Crippen molar-refractivity contribution in [3.8, 4) is 0 Å². The van der Waals surface area contributed by atoms with Gasteiger partial charge in [-0.3, -0.25) is 0 Å². The van der Waals surface area contributed by atoms with Crippen molar-refractivity contribution < 1.29 is 4.74 Å². The van der Waals surface area contributed by atoms with Gasteiger partial charge in [0, 0.05) is 20.3 Å². The molecule has 0 fully saturated rings. The molecule has 94 valence electrons. The quantitative estimate of drug-likeness (QED) is 0.763. The highest BCUT2D eigenvalue weighted by atomic mass is 16.5. The van der Waals surface area contributed by atoms with Crippen LogP contribution in [0, 0.1) is 0 Å². The minimum Gasteiger partial charge on any atom is -0.385 e. The summed E-state index contributed by atoms with van der Waals surface area (Å²) in [6.45, 7) is 3.03. The molecular weight excluding hydrogens is 210 g/mol. The summed E-state index contributed by atoms with van der Waals surface area (Å²) in [6, 6.07) is 8.91. The molecule has 1 aliphatic carbocycles. The zero-order valence-corrected chi connectivity index (χ0v) is 10.7. The van der Waals surface area contributed by atoms with Gasteiger partial charge in [-0.2, -0.15) is 0 Å². The summed E-state index contributed by atoms with van der Waals surface area (Å²) in [5, 5.41) is 3.55. The zero-order chi connectivity index (χ0) is 11.9. The van der Waals surface area contributed by atoms with E-state index in [4.69, 9.17) is 4.74 Å². The highest BCUT2D eigenvalue weighted by Crippen LogP contribution is 2.30. The van der Waals surface area contributed by atoms with Gasteiger partial charge in [0.1, 0.15) is 0 Å². The molecule has 0 aromatic heterocycles. The number of rotatable bonds is 6. The Hall–Kier alpha value is -0.860. The molecule has 17 heavy (non-hydrogen) atoms. The maximum absolute atomic E-state index is 5.05. The topological polar surface area (TPSA) is 21.3 Å². The zero-order valence-electron chi connectivity index (χ0n) is 10.7. The number of benzene rings is 1. The maximum Gasteiger partial charge on any atom is 0.0474 e. The fourth-order valence-electron chi connectivity index (χ4n) is 2.68. The third-order valence-corrected chi connectivity index (χ3v) is 3.59. The molecule has 1 aliphatic rings. The van der Waals surface area contributed by atoms with E-state index < -0.39 is 0 Å². The predicted molar refractivity (Wildman–Crippen MR) is 71.5 cm³/mol. The Morgan fingerprint density at radius 2 is 2.24 bits per heavy atom. The summed E-state index contributed by atoms with van der Waals surface area (Å²) in [6.07, 6.45) is 5.02. The smallest absolute Gasteiger partial charge is 0.0474 e. The second-order valence-electron chi connectivity index (χ2n) is 4.84. The number of hydrogen-bond donors (Lipinski definition) is 1. The molecule has 0 saturated carbocycles. The number of fused-ring (bicyclic) bond motifs is 1. The van der Waals surface area contributed by atoms with Crippen LogP contribution in [-0.4, -0.2) is 26.8 Å². The van der Waals surface area contributed by atoms with E-state index >= 15 is 0 Å². The fourth-order valence-corrected chi connectivity index (χ4v) is 2.68. The van der Waals surface area contributed by atoms with Crippen molar-refractivity contribution in [2.45, 2.75) is 31.6 Å². The van der Waals surface area contributed by atoms with Gasteiger partial charge in [0.15, 0.2) is 0 Å². The largest absolute Gasteiger partial charge is 0.385 e. The van der Waals surface area contributed by atoms with E-state index in [0.717, 1.165) is 26.1 Å². The van der Waals surface area contributed by atoms with Crippen LogP contribution >= 0.6 is 0 Å². The van der Waals surface area contributed by atoms with Crippen LogP contribution in [0.4, 0.5) is 0 Å². The lowest BCUT2D eigenvalue weighted by atomic mass is 9.83. The Bertz CT molecular complexity index is 337. The van der Waals surface area contributed by atoms with Crippen molar-refractivity contribution in [1.82, 2.24) is 5.32 Å². The first-order chi connectivity index (χ1) is 8.42. The second kappa shape index (κ2) is 6.77.